The average molecular weight is 509 g/mol. The van der Waals surface area contributed by atoms with Crippen LogP contribution in [-0.4, -0.2) is 86.6 Å². The molecule has 0 saturated heterocycles. The Hall–Kier alpha value is -1.30. The molecule has 0 aliphatic carbocycles. The molecule has 10 heteroatoms. The summed E-state index contributed by atoms with van der Waals surface area (Å²) in [5, 5.41) is 20.6. The van der Waals surface area contributed by atoms with Crippen LogP contribution in [0.25, 0.3) is 0 Å². The Balaban J connectivity index is 7.35. The van der Waals surface area contributed by atoms with Gasteiger partial charge in [0.2, 0.25) is 11.6 Å². The van der Waals surface area contributed by atoms with E-state index in [4.69, 9.17) is 28.4 Å². The topological polar surface area (TPSA) is 130 Å². The number of carboxylic acids is 2. The van der Waals surface area contributed by atoms with Crippen LogP contribution in [0.1, 0.15) is 80.1 Å². The van der Waals surface area contributed by atoms with E-state index in [1.54, 1.807) is 27.7 Å². The summed E-state index contributed by atoms with van der Waals surface area (Å²) in [5.74, 6) is -6.35. The first kappa shape index (κ1) is 33.7. The van der Waals surface area contributed by atoms with Crippen molar-refractivity contribution in [2.24, 2.45) is 5.41 Å². The van der Waals surface area contributed by atoms with Crippen LogP contribution >= 0.6 is 0 Å². The van der Waals surface area contributed by atoms with Gasteiger partial charge in [-0.1, -0.05) is 26.7 Å². The van der Waals surface area contributed by atoms with Gasteiger partial charge in [-0.15, -0.1) is 0 Å². The lowest BCUT2D eigenvalue weighted by Crippen LogP contribution is -2.73. The Morgan fingerprint density at radius 1 is 0.657 bits per heavy atom. The van der Waals surface area contributed by atoms with Crippen molar-refractivity contribution in [1.29, 1.82) is 0 Å². The van der Waals surface area contributed by atoms with Crippen molar-refractivity contribution in [1.82, 2.24) is 0 Å². The van der Waals surface area contributed by atoms with Gasteiger partial charge in [0.25, 0.3) is 0 Å². The van der Waals surface area contributed by atoms with Crippen LogP contribution < -0.4 is 0 Å². The predicted octanol–water partition coefficient (Wildman–Crippen LogP) is 4.09. The molecule has 0 aliphatic heterocycles. The van der Waals surface area contributed by atoms with Gasteiger partial charge in [-0.2, -0.15) is 0 Å². The van der Waals surface area contributed by atoms with E-state index in [2.05, 4.69) is 0 Å². The molecule has 0 spiro atoms. The van der Waals surface area contributed by atoms with Gasteiger partial charge < -0.3 is 38.6 Å². The average Bonchev–Trinajstić information content (AvgIpc) is 2.81. The number of ether oxygens (including phenoxy) is 6. The van der Waals surface area contributed by atoms with Gasteiger partial charge in [-0.3, -0.25) is 9.59 Å². The molecular formula is C25H48O10. The third-order valence-corrected chi connectivity index (χ3v) is 5.79. The van der Waals surface area contributed by atoms with Gasteiger partial charge >= 0.3 is 11.9 Å². The minimum Gasteiger partial charge on any atom is -0.481 e. The number of hydrogen-bond donors (Lipinski definition) is 2. The summed E-state index contributed by atoms with van der Waals surface area (Å²) in [6.07, 6.45) is 2.00. The summed E-state index contributed by atoms with van der Waals surface area (Å²) in [6, 6.07) is 0. The van der Waals surface area contributed by atoms with Crippen LogP contribution in [0.2, 0.25) is 0 Å². The second-order valence-corrected chi connectivity index (χ2v) is 8.15. The van der Waals surface area contributed by atoms with Crippen molar-refractivity contribution in [2.75, 3.05) is 52.9 Å². The lowest BCUT2D eigenvalue weighted by atomic mass is 9.67. The standard InChI is InChI=1S/C25H48O10/c1-7-13-17-34-24(32-11-5,19-30-9-3)23(22(28)29,16-15-21(26)27)25(33-12-6,20-31-10-4)35-18-14-8-2/h7-20H2,1-6H3,(H,26,27)(H,28,29). The molecule has 0 heterocycles. The molecule has 2 atom stereocenters. The highest BCUT2D eigenvalue weighted by atomic mass is 16.7. The van der Waals surface area contributed by atoms with Gasteiger partial charge in [0, 0.05) is 32.8 Å². The highest BCUT2D eigenvalue weighted by Gasteiger charge is 2.72. The van der Waals surface area contributed by atoms with Gasteiger partial charge in [0.05, 0.1) is 13.2 Å². The van der Waals surface area contributed by atoms with Crippen LogP contribution in [0.15, 0.2) is 0 Å². The fraction of sp³-hybridized carbons (Fsp3) is 0.920. The largest absolute Gasteiger partial charge is 0.481 e. The SMILES string of the molecule is CCCCOC(COCC)(OCC)C(CCC(=O)O)(C(=O)O)C(COCC)(OCC)OCCCC. The zero-order valence-corrected chi connectivity index (χ0v) is 22.6. The number of rotatable bonds is 24. The Labute approximate surface area is 210 Å². The van der Waals surface area contributed by atoms with Crippen LogP contribution in [-0.2, 0) is 38.0 Å². The third-order valence-electron chi connectivity index (χ3n) is 5.79. The molecule has 0 fully saturated rings. The number of carboxylic acid groups (broad SMARTS) is 2. The maximum Gasteiger partial charge on any atom is 0.320 e. The monoisotopic (exact) mass is 508 g/mol. The quantitative estimate of drug-likeness (QED) is 0.145. The van der Waals surface area contributed by atoms with E-state index < -0.39 is 41.8 Å². The number of hydrogen-bond acceptors (Lipinski definition) is 8. The van der Waals surface area contributed by atoms with E-state index in [0.717, 1.165) is 12.8 Å². The maximum absolute atomic E-state index is 13.4. The van der Waals surface area contributed by atoms with E-state index in [9.17, 15) is 19.8 Å². The van der Waals surface area contributed by atoms with E-state index in [0.29, 0.717) is 12.8 Å². The molecule has 0 aliphatic rings. The molecule has 0 aromatic rings. The van der Waals surface area contributed by atoms with E-state index in [-0.39, 0.29) is 52.9 Å². The molecule has 35 heavy (non-hydrogen) atoms. The molecule has 0 rings (SSSR count). The van der Waals surface area contributed by atoms with E-state index in [1.807, 2.05) is 13.8 Å². The molecular weight excluding hydrogens is 460 g/mol. The van der Waals surface area contributed by atoms with Gasteiger partial charge in [0.15, 0.2) is 5.41 Å². The fourth-order valence-corrected chi connectivity index (χ4v) is 4.09. The van der Waals surface area contributed by atoms with Crippen molar-refractivity contribution in [3.63, 3.8) is 0 Å². The maximum atomic E-state index is 13.4. The molecule has 0 aromatic carbocycles. The third kappa shape index (κ3) is 8.94. The lowest BCUT2D eigenvalue weighted by Gasteiger charge is -2.55. The molecule has 0 bridgehead atoms. The smallest absolute Gasteiger partial charge is 0.320 e. The first-order valence-electron chi connectivity index (χ1n) is 12.9. The summed E-state index contributed by atoms with van der Waals surface area (Å²) in [5.41, 5.74) is -2.14. The van der Waals surface area contributed by atoms with Gasteiger partial charge in [0.1, 0.15) is 13.2 Å². The van der Waals surface area contributed by atoms with Crippen LogP contribution in [0.4, 0.5) is 0 Å². The molecule has 208 valence electrons. The second-order valence-electron chi connectivity index (χ2n) is 8.15. The zero-order chi connectivity index (χ0) is 26.8. The zero-order valence-electron chi connectivity index (χ0n) is 22.6. The minimum absolute atomic E-state index is 0.0904. The van der Waals surface area contributed by atoms with Crippen molar-refractivity contribution < 1.29 is 48.2 Å². The summed E-state index contributed by atoms with van der Waals surface area (Å²) < 4.78 is 36.3. The fourth-order valence-electron chi connectivity index (χ4n) is 4.09. The molecule has 0 radical (unpaired) electrons. The summed E-state index contributed by atoms with van der Waals surface area (Å²) in [7, 11) is 0. The first-order valence-corrected chi connectivity index (χ1v) is 12.9. The molecule has 0 aromatic heterocycles. The highest BCUT2D eigenvalue weighted by molar-refractivity contribution is 5.79. The first-order chi connectivity index (χ1) is 16.7. The van der Waals surface area contributed by atoms with E-state index in [1.165, 1.54) is 0 Å². The van der Waals surface area contributed by atoms with Crippen molar-refractivity contribution in [3.05, 3.63) is 0 Å². The van der Waals surface area contributed by atoms with Crippen LogP contribution in [0, 0.1) is 5.41 Å². The predicted molar refractivity (Wildman–Crippen MR) is 130 cm³/mol. The second kappa shape index (κ2) is 18.0. The van der Waals surface area contributed by atoms with Crippen molar-refractivity contribution in [2.45, 2.75) is 91.6 Å². The normalized spacial score (nSPS) is 16.9. The Morgan fingerprint density at radius 2 is 1.09 bits per heavy atom. The molecule has 0 amide bonds. The summed E-state index contributed by atoms with van der Waals surface area (Å²) >= 11 is 0. The Kier molecular flexibility index (Phi) is 17.4. The van der Waals surface area contributed by atoms with Gasteiger partial charge in [-0.25, -0.2) is 0 Å². The van der Waals surface area contributed by atoms with Crippen LogP contribution in [0.5, 0.6) is 0 Å². The summed E-state index contributed by atoms with van der Waals surface area (Å²) in [6.45, 7) is 11.5. The number of aliphatic carboxylic acids is 2. The molecule has 2 unspecified atom stereocenters. The van der Waals surface area contributed by atoms with Gasteiger partial charge in [-0.05, 0) is 47.0 Å². The number of carbonyl (C=O) groups is 2. The molecule has 2 N–H and O–H groups in total. The van der Waals surface area contributed by atoms with Crippen molar-refractivity contribution in [3.8, 4) is 0 Å². The Bertz CT molecular complexity index is 553. The molecule has 10 nitrogen and oxygen atoms in total. The minimum atomic E-state index is -2.14. The van der Waals surface area contributed by atoms with E-state index >= 15 is 0 Å². The highest BCUT2D eigenvalue weighted by Crippen LogP contribution is 2.52. The lowest BCUT2D eigenvalue weighted by molar-refractivity contribution is -0.404. The molecule has 0 saturated carbocycles. The Morgan fingerprint density at radius 3 is 1.37 bits per heavy atom. The number of unbranched alkanes of at least 4 members (excludes halogenated alkanes) is 2. The van der Waals surface area contributed by atoms with Crippen LogP contribution in [0.3, 0.4) is 0 Å². The van der Waals surface area contributed by atoms with Crippen molar-refractivity contribution >= 4 is 11.9 Å². The summed E-state index contributed by atoms with van der Waals surface area (Å²) in [4.78, 5) is 25.2.